The molecule has 0 aromatic carbocycles. The van der Waals surface area contributed by atoms with Gasteiger partial charge in [0, 0.05) is 12.8 Å². The molecule has 1 aliphatic rings. The number of carbonyl (C=O) groups excluding carboxylic acids is 2. The molecule has 27 heavy (non-hydrogen) atoms. The number of carbonyl (C=O) groups is 2. The minimum Gasteiger partial charge on any atom is -0.465 e. The summed E-state index contributed by atoms with van der Waals surface area (Å²) in [6.07, 6.45) is 8.67. The molecule has 0 radical (unpaired) electrons. The highest BCUT2D eigenvalue weighted by Gasteiger charge is 2.34. The maximum Gasteiger partial charge on any atom is 0.366 e. The van der Waals surface area contributed by atoms with Crippen LogP contribution in [0.3, 0.4) is 0 Å². The van der Waals surface area contributed by atoms with E-state index in [4.69, 9.17) is 0 Å². The molecular weight excluding hydrogens is 351 g/mol. The molecule has 2 N–H and O–H groups in total. The van der Waals surface area contributed by atoms with Crippen LogP contribution in [-0.4, -0.2) is 34.9 Å². The van der Waals surface area contributed by atoms with Gasteiger partial charge >= 0.3 is 5.97 Å². The van der Waals surface area contributed by atoms with Gasteiger partial charge in [0.15, 0.2) is 0 Å². The molecule has 1 aliphatic carbocycles. The van der Waals surface area contributed by atoms with Gasteiger partial charge in [-0.1, -0.05) is 43.4 Å². The Labute approximate surface area is 160 Å². The first kappa shape index (κ1) is 23.1. The lowest BCUT2D eigenvalue weighted by molar-refractivity contribution is -0.208. The average Bonchev–Trinajstić information content (AvgIpc) is 2.98. The molecule has 6 heteroatoms. The van der Waals surface area contributed by atoms with E-state index in [2.05, 4.69) is 16.6 Å². The van der Waals surface area contributed by atoms with Crippen molar-refractivity contribution in [3.63, 3.8) is 0 Å². The first-order chi connectivity index (χ1) is 12.8. The van der Waals surface area contributed by atoms with E-state index >= 15 is 0 Å². The lowest BCUT2D eigenvalue weighted by atomic mass is 9.92. The third-order valence-corrected chi connectivity index (χ3v) is 4.53. The molecule has 1 saturated carbocycles. The van der Waals surface area contributed by atoms with E-state index in [1.165, 1.54) is 6.08 Å². The van der Waals surface area contributed by atoms with Crippen LogP contribution in [-0.2, 0) is 14.3 Å². The summed E-state index contributed by atoms with van der Waals surface area (Å²) in [6, 6.07) is 0. The van der Waals surface area contributed by atoms with Gasteiger partial charge in [0.05, 0.1) is 19.4 Å². The maximum atomic E-state index is 13.5. The Hall–Kier alpha value is -1.97. The fourth-order valence-electron chi connectivity index (χ4n) is 2.92. The fraction of sp³-hybridized carbons (Fsp3) is 0.619. The van der Waals surface area contributed by atoms with Crippen LogP contribution in [0.5, 0.6) is 0 Å². The topological polar surface area (TPSA) is 83.8 Å². The van der Waals surface area contributed by atoms with Gasteiger partial charge in [-0.15, -0.1) is 0 Å². The predicted molar refractivity (Wildman–Crippen MR) is 99.9 cm³/mol. The van der Waals surface area contributed by atoms with Crippen molar-refractivity contribution in [1.29, 1.82) is 0 Å². The summed E-state index contributed by atoms with van der Waals surface area (Å²) in [5.74, 6) is 1.66. The van der Waals surface area contributed by atoms with Crippen LogP contribution in [0, 0.1) is 23.7 Å². The number of hydrogen-bond acceptors (Lipinski definition) is 5. The monoisotopic (exact) mass is 380 g/mol. The molecule has 0 spiro atoms. The molecule has 0 aromatic rings. The Morgan fingerprint density at radius 3 is 2.78 bits per heavy atom. The van der Waals surface area contributed by atoms with Gasteiger partial charge in [-0.05, 0) is 31.6 Å². The van der Waals surface area contributed by atoms with Gasteiger partial charge < -0.3 is 14.9 Å². The van der Waals surface area contributed by atoms with Gasteiger partial charge in [0.25, 0.3) is 5.79 Å². The maximum absolute atomic E-state index is 13.5. The molecule has 0 aliphatic heterocycles. The van der Waals surface area contributed by atoms with Crippen LogP contribution >= 0.6 is 0 Å². The smallest absolute Gasteiger partial charge is 0.366 e. The number of halogens is 1. The molecule has 1 fully saturated rings. The SMILES string of the molecule is CCCC=C(F)CC#C[C@H]1C(=O)CC[C@@H]1CC=CCCC(O)(O)C(=O)OC. The minimum atomic E-state index is -2.49. The van der Waals surface area contributed by atoms with Crippen LogP contribution < -0.4 is 0 Å². The summed E-state index contributed by atoms with van der Waals surface area (Å²) in [7, 11) is 1.09. The van der Waals surface area contributed by atoms with Gasteiger partial charge in [0.2, 0.25) is 0 Å². The number of hydrogen-bond donors (Lipinski definition) is 2. The summed E-state index contributed by atoms with van der Waals surface area (Å²) in [5.41, 5.74) is 0. The predicted octanol–water partition coefficient (Wildman–Crippen LogP) is 3.21. The number of Topliss-reactive ketones (excluding diaryl/α,β-unsaturated/α-hetero) is 1. The van der Waals surface area contributed by atoms with Gasteiger partial charge in [-0.3, -0.25) is 4.79 Å². The van der Waals surface area contributed by atoms with Crippen molar-refractivity contribution in [1.82, 2.24) is 0 Å². The quantitative estimate of drug-likeness (QED) is 0.278. The van der Waals surface area contributed by atoms with Gasteiger partial charge in [-0.2, -0.15) is 0 Å². The first-order valence-electron chi connectivity index (χ1n) is 9.35. The van der Waals surface area contributed by atoms with Crippen LogP contribution in [0.2, 0.25) is 0 Å². The van der Waals surface area contributed by atoms with Crippen molar-refractivity contribution in [3.05, 3.63) is 24.1 Å². The van der Waals surface area contributed by atoms with Crippen LogP contribution in [0.4, 0.5) is 4.39 Å². The zero-order valence-electron chi connectivity index (χ0n) is 16.0. The Balaban J connectivity index is 2.50. The standard InChI is InChI=1S/C21H29FO5/c1-3-4-10-17(22)11-8-12-18-16(13-14-19(18)23)9-6-5-7-15-21(25,26)20(24)27-2/h5-6,10,16,18,25-26H,3-4,7,9,11,13-15H2,1-2H3/t16-,18+/m0/s1. The lowest BCUT2D eigenvalue weighted by Crippen LogP contribution is -2.39. The average molecular weight is 380 g/mol. The molecule has 5 nitrogen and oxygen atoms in total. The second kappa shape index (κ2) is 11.7. The van der Waals surface area contributed by atoms with Crippen molar-refractivity contribution in [2.45, 2.75) is 64.1 Å². The van der Waals surface area contributed by atoms with E-state index < -0.39 is 11.8 Å². The Morgan fingerprint density at radius 2 is 2.11 bits per heavy atom. The zero-order chi connectivity index (χ0) is 20.3. The molecule has 0 unspecified atom stereocenters. The first-order valence-corrected chi connectivity index (χ1v) is 9.35. The van der Waals surface area contributed by atoms with Crippen molar-refractivity contribution < 1.29 is 28.9 Å². The van der Waals surface area contributed by atoms with Crippen molar-refractivity contribution in [2.75, 3.05) is 7.11 Å². The number of ether oxygens (including phenoxy) is 1. The van der Waals surface area contributed by atoms with E-state index in [-0.39, 0.29) is 42.7 Å². The minimum absolute atomic E-state index is 0.0367. The number of unbranched alkanes of at least 4 members (excludes halogenated alkanes) is 1. The molecule has 2 atom stereocenters. The number of methoxy groups -OCH3 is 1. The molecule has 150 valence electrons. The van der Waals surface area contributed by atoms with E-state index in [1.807, 2.05) is 13.0 Å². The summed E-state index contributed by atoms with van der Waals surface area (Å²) in [4.78, 5) is 23.2. The second-order valence-electron chi connectivity index (χ2n) is 6.73. The molecule has 0 aromatic heterocycles. The highest BCUT2D eigenvalue weighted by molar-refractivity contribution is 5.86. The van der Waals surface area contributed by atoms with E-state index in [0.717, 1.165) is 20.0 Å². The number of rotatable bonds is 9. The third-order valence-electron chi connectivity index (χ3n) is 4.53. The van der Waals surface area contributed by atoms with Gasteiger partial charge in [-0.25, -0.2) is 9.18 Å². The number of aliphatic hydroxyl groups is 2. The third kappa shape index (κ3) is 8.06. The normalized spacial score (nSPS) is 20.6. The molecule has 0 heterocycles. The summed E-state index contributed by atoms with van der Waals surface area (Å²) < 4.78 is 17.8. The van der Waals surface area contributed by atoms with Crippen LogP contribution in [0.15, 0.2) is 24.1 Å². The lowest BCUT2D eigenvalue weighted by Gasteiger charge is -2.17. The van der Waals surface area contributed by atoms with E-state index in [9.17, 15) is 24.2 Å². The van der Waals surface area contributed by atoms with E-state index in [1.54, 1.807) is 6.08 Å². The van der Waals surface area contributed by atoms with Gasteiger partial charge in [0.1, 0.15) is 11.6 Å². The van der Waals surface area contributed by atoms with E-state index in [0.29, 0.717) is 19.3 Å². The Kier molecular flexibility index (Phi) is 9.98. The summed E-state index contributed by atoms with van der Waals surface area (Å²) >= 11 is 0. The van der Waals surface area contributed by atoms with Crippen molar-refractivity contribution in [3.8, 4) is 11.8 Å². The molecule has 0 saturated heterocycles. The molecule has 1 rings (SSSR count). The van der Waals surface area contributed by atoms with Crippen molar-refractivity contribution >= 4 is 11.8 Å². The molecular formula is C21H29FO5. The Bertz CT molecular complexity index is 624. The fourth-order valence-corrected chi connectivity index (χ4v) is 2.92. The summed E-state index contributed by atoms with van der Waals surface area (Å²) in [5, 5.41) is 19.0. The number of allylic oxidation sites excluding steroid dienone is 4. The number of esters is 1. The van der Waals surface area contributed by atoms with Crippen LogP contribution in [0.25, 0.3) is 0 Å². The highest BCUT2D eigenvalue weighted by Crippen LogP contribution is 2.31. The zero-order valence-corrected chi connectivity index (χ0v) is 16.0. The second-order valence-corrected chi connectivity index (χ2v) is 6.73. The largest absolute Gasteiger partial charge is 0.465 e. The molecule has 0 bridgehead atoms. The Morgan fingerprint density at radius 1 is 1.37 bits per heavy atom. The van der Waals surface area contributed by atoms with Crippen LogP contribution in [0.1, 0.15) is 58.3 Å². The van der Waals surface area contributed by atoms with Crippen molar-refractivity contribution in [2.24, 2.45) is 11.8 Å². The highest BCUT2D eigenvalue weighted by atomic mass is 19.1. The molecule has 0 amide bonds. The summed E-state index contributed by atoms with van der Waals surface area (Å²) in [6.45, 7) is 1.97. The number of ketones is 1.